The van der Waals surface area contributed by atoms with Crippen molar-refractivity contribution in [2.24, 2.45) is 0 Å². The fourth-order valence-corrected chi connectivity index (χ4v) is 2.56. The Morgan fingerprint density at radius 3 is 2.60 bits per heavy atom. The number of carbonyl (C=O) groups excluding carboxylic acids is 1. The Morgan fingerprint density at radius 2 is 2.00 bits per heavy atom. The van der Waals surface area contributed by atoms with Crippen LogP contribution < -0.4 is 5.32 Å². The average Bonchev–Trinajstić information content (AvgIpc) is 2.38. The molecule has 0 aliphatic heterocycles. The summed E-state index contributed by atoms with van der Waals surface area (Å²) in [7, 11) is 0. The number of rotatable bonds is 3. The standard InChI is InChI=1S/C15H14Cl2N2O/c1-15(2,12-6-5-11(16)8-13(12)17)19-14(20)10-4-3-7-18-9-10/h3-9H,1-2H3,(H,19,20). The van der Waals surface area contributed by atoms with E-state index in [1.807, 2.05) is 19.9 Å². The molecule has 0 bridgehead atoms. The summed E-state index contributed by atoms with van der Waals surface area (Å²) in [5.41, 5.74) is 0.695. The van der Waals surface area contributed by atoms with Gasteiger partial charge in [0.15, 0.2) is 0 Å². The molecule has 0 aliphatic rings. The van der Waals surface area contributed by atoms with Crippen molar-refractivity contribution in [1.82, 2.24) is 10.3 Å². The first kappa shape index (κ1) is 14.8. The first-order chi connectivity index (χ1) is 9.40. The van der Waals surface area contributed by atoms with Gasteiger partial charge in [-0.15, -0.1) is 0 Å². The fourth-order valence-electron chi connectivity index (χ4n) is 1.92. The van der Waals surface area contributed by atoms with Crippen molar-refractivity contribution in [2.45, 2.75) is 19.4 Å². The van der Waals surface area contributed by atoms with E-state index in [0.717, 1.165) is 5.56 Å². The van der Waals surface area contributed by atoms with Gasteiger partial charge in [0.05, 0.1) is 11.1 Å². The first-order valence-electron chi connectivity index (χ1n) is 6.08. The lowest BCUT2D eigenvalue weighted by atomic mass is 9.94. The maximum Gasteiger partial charge on any atom is 0.253 e. The van der Waals surface area contributed by atoms with E-state index in [-0.39, 0.29) is 5.91 Å². The SMILES string of the molecule is CC(C)(NC(=O)c1cccnc1)c1ccc(Cl)cc1Cl. The van der Waals surface area contributed by atoms with Crippen LogP contribution in [0.5, 0.6) is 0 Å². The lowest BCUT2D eigenvalue weighted by molar-refractivity contribution is 0.0912. The van der Waals surface area contributed by atoms with Crippen LogP contribution >= 0.6 is 23.2 Å². The van der Waals surface area contributed by atoms with E-state index in [9.17, 15) is 4.79 Å². The van der Waals surface area contributed by atoms with Crippen LogP contribution in [0.2, 0.25) is 10.0 Å². The van der Waals surface area contributed by atoms with Crippen LogP contribution in [0.3, 0.4) is 0 Å². The second kappa shape index (κ2) is 5.81. The van der Waals surface area contributed by atoms with Crippen molar-refractivity contribution in [2.75, 3.05) is 0 Å². The second-order valence-electron chi connectivity index (χ2n) is 4.94. The number of nitrogens with zero attached hydrogens (tertiary/aromatic N) is 1. The van der Waals surface area contributed by atoms with Crippen LogP contribution in [0, 0.1) is 0 Å². The number of hydrogen-bond donors (Lipinski definition) is 1. The van der Waals surface area contributed by atoms with Crippen LogP contribution in [-0.2, 0) is 5.54 Å². The molecule has 3 nitrogen and oxygen atoms in total. The highest BCUT2D eigenvalue weighted by Crippen LogP contribution is 2.30. The van der Waals surface area contributed by atoms with Crippen LogP contribution in [0.4, 0.5) is 0 Å². The molecule has 0 fully saturated rings. The van der Waals surface area contributed by atoms with E-state index in [2.05, 4.69) is 10.3 Å². The van der Waals surface area contributed by atoms with Gasteiger partial charge in [-0.3, -0.25) is 9.78 Å². The van der Waals surface area contributed by atoms with E-state index in [0.29, 0.717) is 15.6 Å². The molecular formula is C15H14Cl2N2O. The van der Waals surface area contributed by atoms with E-state index < -0.39 is 5.54 Å². The number of aromatic nitrogens is 1. The molecule has 0 unspecified atom stereocenters. The zero-order chi connectivity index (χ0) is 14.8. The number of nitrogens with one attached hydrogen (secondary N) is 1. The smallest absolute Gasteiger partial charge is 0.253 e. The topological polar surface area (TPSA) is 42.0 Å². The summed E-state index contributed by atoms with van der Waals surface area (Å²) < 4.78 is 0. The lowest BCUT2D eigenvalue weighted by Gasteiger charge is -2.28. The number of halogens is 2. The molecule has 1 amide bonds. The van der Waals surface area contributed by atoms with Crippen molar-refractivity contribution in [3.8, 4) is 0 Å². The van der Waals surface area contributed by atoms with Crippen LogP contribution in [0.1, 0.15) is 29.8 Å². The summed E-state index contributed by atoms with van der Waals surface area (Å²) in [4.78, 5) is 16.1. The minimum atomic E-state index is -0.616. The maximum absolute atomic E-state index is 12.2. The zero-order valence-electron chi connectivity index (χ0n) is 11.2. The normalized spacial score (nSPS) is 11.2. The number of carbonyl (C=O) groups is 1. The summed E-state index contributed by atoms with van der Waals surface area (Å²) in [6.45, 7) is 3.77. The van der Waals surface area contributed by atoms with Gasteiger partial charge in [0, 0.05) is 22.4 Å². The summed E-state index contributed by atoms with van der Waals surface area (Å²) in [5, 5.41) is 4.03. The molecule has 0 radical (unpaired) electrons. The van der Waals surface area contributed by atoms with Crippen LogP contribution in [0.25, 0.3) is 0 Å². The van der Waals surface area contributed by atoms with Crippen molar-refractivity contribution in [3.63, 3.8) is 0 Å². The molecular weight excluding hydrogens is 295 g/mol. The summed E-state index contributed by atoms with van der Waals surface area (Å²) in [6.07, 6.45) is 3.15. The summed E-state index contributed by atoms with van der Waals surface area (Å²) >= 11 is 12.1. The molecule has 2 rings (SSSR count). The van der Waals surface area contributed by atoms with Gasteiger partial charge in [-0.05, 0) is 43.7 Å². The van der Waals surface area contributed by atoms with E-state index in [1.165, 1.54) is 6.20 Å². The zero-order valence-corrected chi connectivity index (χ0v) is 12.7. The van der Waals surface area contributed by atoms with Gasteiger partial charge in [-0.25, -0.2) is 0 Å². The largest absolute Gasteiger partial charge is 0.343 e. The van der Waals surface area contributed by atoms with Crippen molar-refractivity contribution in [3.05, 3.63) is 63.9 Å². The van der Waals surface area contributed by atoms with Gasteiger partial charge < -0.3 is 5.32 Å². The van der Waals surface area contributed by atoms with E-state index in [1.54, 1.807) is 30.5 Å². The summed E-state index contributed by atoms with van der Waals surface area (Å²) in [6, 6.07) is 8.66. The van der Waals surface area contributed by atoms with Gasteiger partial charge in [-0.1, -0.05) is 29.3 Å². The molecule has 0 aliphatic carbocycles. The monoisotopic (exact) mass is 308 g/mol. The Labute approximate surface area is 127 Å². The molecule has 5 heteroatoms. The third-order valence-electron chi connectivity index (χ3n) is 2.95. The number of hydrogen-bond acceptors (Lipinski definition) is 2. The molecule has 1 N–H and O–H groups in total. The Balaban J connectivity index is 2.25. The number of pyridine rings is 1. The fraction of sp³-hybridized carbons (Fsp3) is 0.200. The summed E-state index contributed by atoms with van der Waals surface area (Å²) in [5.74, 6) is -0.200. The molecule has 0 saturated heterocycles. The first-order valence-corrected chi connectivity index (χ1v) is 6.84. The molecule has 104 valence electrons. The Hall–Kier alpha value is -1.58. The highest BCUT2D eigenvalue weighted by Gasteiger charge is 2.25. The average molecular weight is 309 g/mol. The number of amides is 1. The molecule has 20 heavy (non-hydrogen) atoms. The minimum absolute atomic E-state index is 0.200. The molecule has 0 spiro atoms. The van der Waals surface area contributed by atoms with Crippen LogP contribution in [0.15, 0.2) is 42.7 Å². The predicted molar refractivity (Wildman–Crippen MR) is 81.2 cm³/mol. The van der Waals surface area contributed by atoms with Crippen molar-refractivity contribution < 1.29 is 4.79 Å². The quantitative estimate of drug-likeness (QED) is 0.929. The molecule has 2 aromatic rings. The van der Waals surface area contributed by atoms with Gasteiger partial charge in [0.25, 0.3) is 5.91 Å². The number of benzene rings is 1. The lowest BCUT2D eigenvalue weighted by Crippen LogP contribution is -2.41. The third-order valence-corrected chi connectivity index (χ3v) is 3.50. The molecule has 1 aromatic heterocycles. The minimum Gasteiger partial charge on any atom is -0.343 e. The third kappa shape index (κ3) is 3.30. The van der Waals surface area contributed by atoms with Crippen molar-refractivity contribution >= 4 is 29.1 Å². The van der Waals surface area contributed by atoms with Gasteiger partial charge in [0.2, 0.25) is 0 Å². The Kier molecular flexibility index (Phi) is 4.31. The molecule has 1 aromatic carbocycles. The van der Waals surface area contributed by atoms with E-state index >= 15 is 0 Å². The maximum atomic E-state index is 12.2. The Morgan fingerprint density at radius 1 is 1.25 bits per heavy atom. The molecule has 1 heterocycles. The Bertz CT molecular complexity index is 627. The van der Waals surface area contributed by atoms with Gasteiger partial charge >= 0.3 is 0 Å². The predicted octanol–water partition coefficient (Wildman–Crippen LogP) is 4.05. The molecule has 0 saturated carbocycles. The highest BCUT2D eigenvalue weighted by molar-refractivity contribution is 6.35. The van der Waals surface area contributed by atoms with Crippen LogP contribution in [-0.4, -0.2) is 10.9 Å². The van der Waals surface area contributed by atoms with Gasteiger partial charge in [0.1, 0.15) is 0 Å². The highest BCUT2D eigenvalue weighted by atomic mass is 35.5. The van der Waals surface area contributed by atoms with Gasteiger partial charge in [-0.2, -0.15) is 0 Å². The molecule has 0 atom stereocenters. The second-order valence-corrected chi connectivity index (χ2v) is 5.79. The van der Waals surface area contributed by atoms with E-state index in [4.69, 9.17) is 23.2 Å². The van der Waals surface area contributed by atoms with Crippen molar-refractivity contribution in [1.29, 1.82) is 0 Å².